The average Bonchev–Trinajstić information content (AvgIpc) is 1.81. The van der Waals surface area contributed by atoms with Gasteiger partial charge in [0.1, 0.15) is 4.49 Å². The molecule has 0 bridgehead atoms. The zero-order valence-electron chi connectivity index (χ0n) is 7.40. The molecule has 0 aliphatic carbocycles. The van der Waals surface area contributed by atoms with Crippen LogP contribution in [0, 0.1) is 5.41 Å². The summed E-state index contributed by atoms with van der Waals surface area (Å²) in [5.74, 6) is -0.861. The predicted octanol–water partition coefficient (Wildman–Crippen LogP) is 3.76. The van der Waals surface area contributed by atoms with E-state index in [2.05, 4.69) is 0 Å². The van der Waals surface area contributed by atoms with E-state index in [0.717, 1.165) is 0 Å². The topological polar surface area (TPSA) is 37.3 Å². The standard InChI is InChI=1S/C8H11Cl3O2/c1-8(2,4-6(12)13)3-5(9)7(10)11/h3-4H2,1-2H3,(H,12,13). The van der Waals surface area contributed by atoms with Crippen molar-refractivity contribution in [3.05, 3.63) is 9.52 Å². The Bertz CT molecular complexity index is 230. The quantitative estimate of drug-likeness (QED) is 0.819. The third-order valence-electron chi connectivity index (χ3n) is 1.47. The van der Waals surface area contributed by atoms with Gasteiger partial charge in [0.2, 0.25) is 0 Å². The third kappa shape index (κ3) is 6.19. The van der Waals surface area contributed by atoms with Gasteiger partial charge in [-0.2, -0.15) is 0 Å². The summed E-state index contributed by atoms with van der Waals surface area (Å²) in [5, 5.41) is 8.88. The van der Waals surface area contributed by atoms with E-state index in [0.29, 0.717) is 11.5 Å². The highest BCUT2D eigenvalue weighted by atomic mass is 35.5. The summed E-state index contributed by atoms with van der Waals surface area (Å²) in [6.45, 7) is 3.58. The molecule has 0 aliphatic heterocycles. The maximum atomic E-state index is 10.4. The Morgan fingerprint density at radius 3 is 2.00 bits per heavy atom. The summed E-state index contributed by atoms with van der Waals surface area (Å²) in [7, 11) is 0. The molecule has 0 saturated heterocycles. The normalized spacial score (nSPS) is 11.2. The van der Waals surface area contributed by atoms with Crippen LogP contribution in [-0.4, -0.2) is 11.1 Å². The van der Waals surface area contributed by atoms with Gasteiger partial charge in [0.25, 0.3) is 0 Å². The number of hydrogen-bond donors (Lipinski definition) is 1. The fraction of sp³-hybridized carbons (Fsp3) is 0.625. The molecule has 13 heavy (non-hydrogen) atoms. The summed E-state index contributed by atoms with van der Waals surface area (Å²) in [4.78, 5) is 10.4. The molecule has 0 rings (SSSR count). The van der Waals surface area contributed by atoms with Crippen LogP contribution in [0.3, 0.4) is 0 Å². The van der Waals surface area contributed by atoms with E-state index >= 15 is 0 Å². The highest BCUT2D eigenvalue weighted by Gasteiger charge is 2.23. The van der Waals surface area contributed by atoms with Crippen LogP contribution >= 0.6 is 34.8 Å². The van der Waals surface area contributed by atoms with Crippen molar-refractivity contribution >= 4 is 40.8 Å². The number of allylic oxidation sites excluding steroid dienone is 1. The van der Waals surface area contributed by atoms with Gasteiger partial charge in [0, 0.05) is 5.03 Å². The molecule has 1 N–H and O–H groups in total. The highest BCUT2D eigenvalue weighted by Crippen LogP contribution is 2.33. The summed E-state index contributed by atoms with van der Waals surface area (Å²) < 4.78 is 0.000121. The molecule has 5 heteroatoms. The molecule has 0 aromatic carbocycles. The Morgan fingerprint density at radius 1 is 1.23 bits per heavy atom. The minimum atomic E-state index is -0.861. The van der Waals surface area contributed by atoms with Crippen LogP contribution in [0.4, 0.5) is 0 Å². The molecule has 0 heterocycles. The summed E-state index contributed by atoms with van der Waals surface area (Å²) >= 11 is 16.6. The van der Waals surface area contributed by atoms with Crippen LogP contribution < -0.4 is 0 Å². The van der Waals surface area contributed by atoms with Gasteiger partial charge in [0.05, 0.1) is 6.42 Å². The zero-order chi connectivity index (χ0) is 10.6. The molecular formula is C8H11Cl3O2. The van der Waals surface area contributed by atoms with Crippen LogP contribution in [0.25, 0.3) is 0 Å². The van der Waals surface area contributed by atoms with E-state index in [9.17, 15) is 4.79 Å². The van der Waals surface area contributed by atoms with E-state index in [1.54, 1.807) is 13.8 Å². The number of hydrogen-bond acceptors (Lipinski definition) is 1. The van der Waals surface area contributed by atoms with Crippen molar-refractivity contribution in [2.75, 3.05) is 0 Å². The molecule has 0 aliphatic rings. The number of carboxylic acids is 1. The van der Waals surface area contributed by atoms with Crippen LogP contribution in [0.1, 0.15) is 26.7 Å². The number of carboxylic acid groups (broad SMARTS) is 1. The van der Waals surface area contributed by atoms with Gasteiger partial charge >= 0.3 is 5.97 Å². The second-order valence-electron chi connectivity index (χ2n) is 3.58. The molecule has 2 nitrogen and oxygen atoms in total. The van der Waals surface area contributed by atoms with Crippen LogP contribution in [0.2, 0.25) is 0 Å². The predicted molar refractivity (Wildman–Crippen MR) is 55.2 cm³/mol. The van der Waals surface area contributed by atoms with Crippen molar-refractivity contribution in [2.45, 2.75) is 26.7 Å². The van der Waals surface area contributed by atoms with Crippen molar-refractivity contribution in [2.24, 2.45) is 5.41 Å². The van der Waals surface area contributed by atoms with E-state index in [-0.39, 0.29) is 10.9 Å². The fourth-order valence-electron chi connectivity index (χ4n) is 0.959. The molecule has 0 unspecified atom stereocenters. The Balaban J connectivity index is 4.34. The molecule has 0 spiro atoms. The molecule has 0 fully saturated rings. The van der Waals surface area contributed by atoms with Gasteiger partial charge in [-0.15, -0.1) is 0 Å². The lowest BCUT2D eigenvalue weighted by Crippen LogP contribution is -2.16. The number of aliphatic carboxylic acids is 1. The number of halogens is 3. The van der Waals surface area contributed by atoms with Gasteiger partial charge < -0.3 is 5.11 Å². The Kier molecular flexibility index (Phi) is 5.11. The van der Waals surface area contributed by atoms with Crippen molar-refractivity contribution in [1.82, 2.24) is 0 Å². The first-order valence-corrected chi connectivity index (χ1v) is 4.79. The molecule has 0 amide bonds. The van der Waals surface area contributed by atoms with E-state index in [1.165, 1.54) is 0 Å². The van der Waals surface area contributed by atoms with Crippen LogP contribution in [0.5, 0.6) is 0 Å². The minimum Gasteiger partial charge on any atom is -0.481 e. The van der Waals surface area contributed by atoms with Gasteiger partial charge in [-0.05, 0) is 11.8 Å². The van der Waals surface area contributed by atoms with Crippen LogP contribution in [-0.2, 0) is 4.79 Å². The van der Waals surface area contributed by atoms with Crippen molar-refractivity contribution in [1.29, 1.82) is 0 Å². The number of carbonyl (C=O) groups is 1. The maximum Gasteiger partial charge on any atom is 0.303 e. The Morgan fingerprint density at radius 2 is 1.69 bits per heavy atom. The summed E-state index contributed by atoms with van der Waals surface area (Å²) in [5.41, 5.74) is -0.433. The second kappa shape index (κ2) is 5.08. The van der Waals surface area contributed by atoms with Crippen LogP contribution in [0.15, 0.2) is 9.52 Å². The second-order valence-corrected chi connectivity index (χ2v) is 4.98. The smallest absolute Gasteiger partial charge is 0.303 e. The fourth-order valence-corrected chi connectivity index (χ4v) is 1.45. The SMILES string of the molecule is CC(C)(CC(=O)O)CC(Cl)=C(Cl)Cl. The summed E-state index contributed by atoms with van der Waals surface area (Å²) in [6.07, 6.45) is 0.396. The maximum absolute atomic E-state index is 10.4. The van der Waals surface area contributed by atoms with E-state index in [1.807, 2.05) is 0 Å². The molecule has 0 saturated carbocycles. The lowest BCUT2D eigenvalue weighted by atomic mass is 9.86. The highest BCUT2D eigenvalue weighted by molar-refractivity contribution is 6.59. The lowest BCUT2D eigenvalue weighted by molar-refractivity contribution is -0.139. The molecular weight excluding hydrogens is 234 g/mol. The molecule has 0 atom stereocenters. The van der Waals surface area contributed by atoms with E-state index in [4.69, 9.17) is 39.9 Å². The largest absolute Gasteiger partial charge is 0.481 e. The van der Waals surface area contributed by atoms with Crippen molar-refractivity contribution in [3.8, 4) is 0 Å². The third-order valence-corrected chi connectivity index (χ3v) is 2.44. The molecule has 0 radical (unpaired) electrons. The van der Waals surface area contributed by atoms with Gasteiger partial charge in [-0.3, -0.25) is 4.79 Å². The van der Waals surface area contributed by atoms with Gasteiger partial charge in [-0.25, -0.2) is 0 Å². The average molecular weight is 246 g/mol. The Labute approximate surface area is 92.5 Å². The molecule has 0 aromatic heterocycles. The first kappa shape index (κ1) is 13.1. The lowest BCUT2D eigenvalue weighted by Gasteiger charge is -2.21. The summed E-state index contributed by atoms with van der Waals surface area (Å²) in [6, 6.07) is 0. The van der Waals surface area contributed by atoms with Crippen molar-refractivity contribution in [3.63, 3.8) is 0 Å². The van der Waals surface area contributed by atoms with Crippen molar-refractivity contribution < 1.29 is 9.90 Å². The zero-order valence-corrected chi connectivity index (χ0v) is 9.67. The Hall–Kier alpha value is 0.0800. The van der Waals surface area contributed by atoms with Gasteiger partial charge in [0.15, 0.2) is 0 Å². The number of rotatable bonds is 4. The minimum absolute atomic E-state index is 0.000121. The van der Waals surface area contributed by atoms with E-state index < -0.39 is 11.4 Å². The monoisotopic (exact) mass is 244 g/mol. The first-order chi connectivity index (χ1) is 5.74. The molecule has 76 valence electrons. The molecule has 0 aromatic rings. The first-order valence-electron chi connectivity index (χ1n) is 3.66. The van der Waals surface area contributed by atoms with Gasteiger partial charge in [-0.1, -0.05) is 48.7 Å².